The molecule has 0 radical (unpaired) electrons. The number of carbonyl (C=O) groups is 3. The second-order valence-electron chi connectivity index (χ2n) is 13.8. The molecule has 2 aromatic carbocycles. The molecule has 3 N–H and O–H groups in total. The second kappa shape index (κ2) is 13.1. The maximum atomic E-state index is 14.4. The lowest BCUT2D eigenvalue weighted by Gasteiger charge is -2.42. The van der Waals surface area contributed by atoms with E-state index in [0.717, 1.165) is 48.1 Å². The molecule has 0 unspecified atom stereocenters. The zero-order chi connectivity index (χ0) is 31.5. The molecule has 1 aliphatic carbocycles. The van der Waals surface area contributed by atoms with Crippen molar-refractivity contribution >= 4 is 17.7 Å². The van der Waals surface area contributed by atoms with Crippen molar-refractivity contribution in [2.75, 3.05) is 7.05 Å². The first-order valence-electron chi connectivity index (χ1n) is 15.7. The van der Waals surface area contributed by atoms with Gasteiger partial charge in [-0.1, -0.05) is 58.0 Å². The number of ether oxygens (including phenoxy) is 1. The van der Waals surface area contributed by atoms with Crippen molar-refractivity contribution in [1.29, 1.82) is 0 Å². The number of likely N-dealkylation sites (N-methyl/N-ethyl adjacent to an activating group) is 1. The predicted octanol–water partition coefficient (Wildman–Crippen LogP) is 4.84. The number of amides is 3. The van der Waals surface area contributed by atoms with Crippen molar-refractivity contribution in [3.05, 3.63) is 64.7 Å². The Kier molecular flexibility index (Phi) is 9.90. The largest absolute Gasteiger partial charge is 0.488 e. The molecule has 2 aliphatic rings. The van der Waals surface area contributed by atoms with E-state index in [2.05, 4.69) is 48.9 Å². The van der Waals surface area contributed by atoms with E-state index in [9.17, 15) is 14.4 Å². The molecule has 0 fully saturated rings. The fraction of sp³-hybridized carbons (Fsp3) is 0.571. The van der Waals surface area contributed by atoms with E-state index in [-0.39, 0.29) is 35.9 Å². The highest BCUT2D eigenvalue weighted by Crippen LogP contribution is 2.34. The van der Waals surface area contributed by atoms with Crippen LogP contribution in [-0.4, -0.2) is 53.4 Å². The molecule has 1 aliphatic heterocycles. The topological polar surface area (TPSA) is 99.8 Å². The Balaban J connectivity index is 1.68. The van der Waals surface area contributed by atoms with Gasteiger partial charge in [-0.25, -0.2) is 0 Å². The van der Waals surface area contributed by atoms with E-state index in [1.807, 2.05) is 51.1 Å². The minimum absolute atomic E-state index is 0.0996. The quantitative estimate of drug-likeness (QED) is 0.388. The van der Waals surface area contributed by atoms with E-state index in [4.69, 9.17) is 4.74 Å². The highest BCUT2D eigenvalue weighted by molar-refractivity contribution is 5.94. The van der Waals surface area contributed by atoms with Gasteiger partial charge in [0.25, 0.3) is 0 Å². The van der Waals surface area contributed by atoms with Crippen molar-refractivity contribution in [3.8, 4) is 5.75 Å². The highest BCUT2D eigenvalue weighted by atomic mass is 16.5. The van der Waals surface area contributed by atoms with Crippen LogP contribution < -0.4 is 20.7 Å². The highest BCUT2D eigenvalue weighted by Gasteiger charge is 2.43. The van der Waals surface area contributed by atoms with Gasteiger partial charge in [0.15, 0.2) is 0 Å². The van der Waals surface area contributed by atoms with E-state index >= 15 is 0 Å². The summed E-state index contributed by atoms with van der Waals surface area (Å²) < 4.78 is 6.27. The van der Waals surface area contributed by atoms with Gasteiger partial charge in [0, 0.05) is 13.0 Å². The number of aryl methyl sites for hydroxylation is 1. The molecule has 2 aromatic rings. The summed E-state index contributed by atoms with van der Waals surface area (Å²) in [5.41, 5.74) is 3.47. The first-order chi connectivity index (χ1) is 20.2. The molecule has 0 saturated carbocycles. The number of rotatable bonds is 9. The Morgan fingerprint density at radius 1 is 1.02 bits per heavy atom. The molecule has 1 heterocycles. The summed E-state index contributed by atoms with van der Waals surface area (Å²) in [4.78, 5) is 43.2. The van der Waals surface area contributed by atoms with Crippen LogP contribution >= 0.6 is 0 Å². The normalized spacial score (nSPS) is 19.9. The van der Waals surface area contributed by atoms with Gasteiger partial charge < -0.3 is 25.6 Å². The van der Waals surface area contributed by atoms with Crippen LogP contribution in [0, 0.1) is 5.41 Å². The number of nitrogens with zero attached hydrogens (tertiary/aromatic N) is 1. The molecule has 3 amide bonds. The Hall–Kier alpha value is -3.39. The minimum Gasteiger partial charge on any atom is -0.488 e. The lowest BCUT2D eigenvalue weighted by atomic mass is 9.83. The third-order valence-corrected chi connectivity index (χ3v) is 9.05. The molecule has 0 aromatic heterocycles. The van der Waals surface area contributed by atoms with Crippen LogP contribution in [0.4, 0.5) is 0 Å². The van der Waals surface area contributed by atoms with Crippen molar-refractivity contribution in [3.63, 3.8) is 0 Å². The third kappa shape index (κ3) is 7.58. The van der Waals surface area contributed by atoms with Crippen LogP contribution in [0.5, 0.6) is 5.75 Å². The van der Waals surface area contributed by atoms with Crippen molar-refractivity contribution in [2.45, 2.75) is 117 Å². The summed E-state index contributed by atoms with van der Waals surface area (Å²) in [7, 11) is 1.71. The molecule has 43 heavy (non-hydrogen) atoms. The number of nitrogens with one attached hydrogen (secondary N) is 3. The van der Waals surface area contributed by atoms with Crippen LogP contribution in [0.3, 0.4) is 0 Å². The third-order valence-electron chi connectivity index (χ3n) is 9.05. The van der Waals surface area contributed by atoms with E-state index in [1.165, 1.54) is 5.56 Å². The monoisotopic (exact) mass is 590 g/mol. The van der Waals surface area contributed by atoms with E-state index in [0.29, 0.717) is 6.42 Å². The molecule has 8 heteroatoms. The van der Waals surface area contributed by atoms with Crippen LogP contribution in [-0.2, 0) is 33.8 Å². The van der Waals surface area contributed by atoms with Crippen molar-refractivity contribution in [2.24, 2.45) is 5.41 Å². The number of carbonyl (C=O) groups excluding carboxylic acids is 3. The maximum Gasteiger partial charge on any atom is 0.246 e. The van der Waals surface area contributed by atoms with E-state index in [1.54, 1.807) is 18.9 Å². The van der Waals surface area contributed by atoms with Crippen LogP contribution in [0.15, 0.2) is 42.5 Å². The average molecular weight is 591 g/mol. The zero-order valence-electron chi connectivity index (χ0n) is 27.2. The summed E-state index contributed by atoms with van der Waals surface area (Å²) >= 11 is 0. The predicted molar refractivity (Wildman–Crippen MR) is 170 cm³/mol. The summed E-state index contributed by atoms with van der Waals surface area (Å²) in [5, 5.41) is 9.23. The van der Waals surface area contributed by atoms with Crippen molar-refractivity contribution in [1.82, 2.24) is 20.9 Å². The molecule has 4 atom stereocenters. The van der Waals surface area contributed by atoms with Gasteiger partial charge in [0.2, 0.25) is 17.7 Å². The van der Waals surface area contributed by atoms with Gasteiger partial charge in [-0.05, 0) is 93.3 Å². The summed E-state index contributed by atoms with van der Waals surface area (Å²) in [6.45, 7) is 14.0. The molecule has 234 valence electrons. The summed E-state index contributed by atoms with van der Waals surface area (Å²) in [6, 6.07) is 12.1. The van der Waals surface area contributed by atoms with Gasteiger partial charge in [0.1, 0.15) is 23.4 Å². The lowest BCUT2D eigenvalue weighted by Crippen LogP contribution is -2.62. The van der Waals surface area contributed by atoms with E-state index < -0.39 is 23.5 Å². The number of fused-ring (bicyclic) bond motifs is 2. The Labute approximate surface area is 257 Å². The fourth-order valence-corrected chi connectivity index (χ4v) is 5.87. The van der Waals surface area contributed by atoms with Gasteiger partial charge in [-0.2, -0.15) is 0 Å². The second-order valence-corrected chi connectivity index (χ2v) is 13.8. The Bertz CT molecular complexity index is 1330. The summed E-state index contributed by atoms with van der Waals surface area (Å²) in [5.74, 6) is 0.0450. The van der Waals surface area contributed by atoms with Crippen molar-refractivity contribution < 1.29 is 19.1 Å². The number of benzene rings is 2. The standard InChI is InChI=1S/C35H50N4O4/c1-9-35(6,7)43-26-18-17-24-20-29(32(41)37-28-16-12-14-23-13-10-11-15-27(23)28)39(21-25(24)19-26)33(42)30(34(3,4)5)38-31(40)22(2)36-8/h10-11,13,15,17-19,22,28-30,36H,9,12,14,16,20-21H2,1-8H3,(H,37,41)(H,38,40)/t22-,28+,29-,30+/m0/s1. The Morgan fingerprint density at radius 2 is 1.74 bits per heavy atom. The minimum atomic E-state index is -0.818. The molecule has 0 bridgehead atoms. The fourth-order valence-electron chi connectivity index (χ4n) is 5.87. The first kappa shape index (κ1) is 32.5. The maximum absolute atomic E-state index is 14.4. The Morgan fingerprint density at radius 3 is 2.42 bits per heavy atom. The average Bonchev–Trinajstić information content (AvgIpc) is 2.97. The summed E-state index contributed by atoms with van der Waals surface area (Å²) in [6.07, 6.45) is 4.09. The zero-order valence-corrected chi connectivity index (χ0v) is 27.2. The SMILES string of the molecule is CCC(C)(C)Oc1ccc2c(c1)CN(C(=O)[C@@H](NC(=O)[C@H](C)NC)C(C)(C)C)[C@H](C(=O)N[C@@H]1CCCc3ccccc31)C2. The molecule has 0 spiro atoms. The van der Waals surface area contributed by atoms with Crippen LogP contribution in [0.2, 0.25) is 0 Å². The lowest BCUT2D eigenvalue weighted by molar-refractivity contribution is -0.147. The van der Waals surface area contributed by atoms with Crippen LogP contribution in [0.25, 0.3) is 0 Å². The molecular weight excluding hydrogens is 540 g/mol. The molecule has 4 rings (SSSR count). The van der Waals surface area contributed by atoms with Gasteiger partial charge >= 0.3 is 0 Å². The number of hydrogen-bond acceptors (Lipinski definition) is 5. The molecule has 8 nitrogen and oxygen atoms in total. The first-order valence-corrected chi connectivity index (χ1v) is 15.7. The smallest absolute Gasteiger partial charge is 0.246 e. The van der Waals surface area contributed by atoms with Gasteiger partial charge in [0.05, 0.1) is 12.1 Å². The molecule has 0 saturated heterocycles. The number of hydrogen-bond donors (Lipinski definition) is 3. The molecular formula is C35H50N4O4. The van der Waals surface area contributed by atoms with Gasteiger partial charge in [-0.15, -0.1) is 0 Å². The van der Waals surface area contributed by atoms with Gasteiger partial charge in [-0.3, -0.25) is 14.4 Å². The van der Waals surface area contributed by atoms with Crippen LogP contribution in [0.1, 0.15) is 96.0 Å².